The Bertz CT molecular complexity index is 655. The highest BCUT2D eigenvalue weighted by Crippen LogP contribution is 2.14. The van der Waals surface area contributed by atoms with Gasteiger partial charge < -0.3 is 10.6 Å². The molecule has 0 bridgehead atoms. The van der Waals surface area contributed by atoms with Crippen LogP contribution in [-0.4, -0.2) is 11.8 Å². The molecule has 0 radical (unpaired) electrons. The van der Waals surface area contributed by atoms with Crippen molar-refractivity contribution in [2.45, 2.75) is 20.8 Å². The molecule has 0 aliphatic heterocycles. The molecule has 4 heteroatoms. The number of carbonyl (C=O) groups is 2. The van der Waals surface area contributed by atoms with Crippen LogP contribution >= 0.6 is 0 Å². The fourth-order valence-electron chi connectivity index (χ4n) is 2.06. The number of hydrogen-bond donors (Lipinski definition) is 2. The molecule has 108 valence electrons. The van der Waals surface area contributed by atoms with Crippen LogP contribution in [0.5, 0.6) is 0 Å². The van der Waals surface area contributed by atoms with E-state index in [0.29, 0.717) is 11.4 Å². The van der Waals surface area contributed by atoms with Crippen LogP contribution in [0.4, 0.5) is 11.4 Å². The Morgan fingerprint density at radius 3 is 1.67 bits per heavy atom. The van der Waals surface area contributed by atoms with E-state index in [1.807, 2.05) is 51.1 Å². The van der Waals surface area contributed by atoms with Gasteiger partial charge in [0, 0.05) is 11.4 Å². The molecule has 4 nitrogen and oxygen atoms in total. The second kappa shape index (κ2) is 6.22. The third-order valence-electron chi connectivity index (χ3n) is 3.00. The van der Waals surface area contributed by atoms with E-state index >= 15 is 0 Å². The second-order valence-electron chi connectivity index (χ2n) is 5.15. The predicted molar refractivity (Wildman–Crippen MR) is 84.4 cm³/mol. The van der Waals surface area contributed by atoms with Crippen molar-refractivity contribution >= 4 is 23.2 Å². The lowest BCUT2D eigenvalue weighted by Crippen LogP contribution is -2.29. The van der Waals surface area contributed by atoms with Crippen molar-refractivity contribution in [1.29, 1.82) is 0 Å². The quantitative estimate of drug-likeness (QED) is 0.831. The van der Waals surface area contributed by atoms with E-state index in [1.165, 1.54) is 0 Å². The summed E-state index contributed by atoms with van der Waals surface area (Å²) in [5, 5.41) is 5.17. The largest absolute Gasteiger partial charge is 0.318 e. The number of amides is 2. The Balaban J connectivity index is 2.02. The van der Waals surface area contributed by atoms with Gasteiger partial charge in [-0.15, -0.1) is 0 Å². The van der Waals surface area contributed by atoms with Crippen LogP contribution in [0.25, 0.3) is 0 Å². The predicted octanol–water partition coefficient (Wildman–Crippen LogP) is 3.19. The lowest BCUT2D eigenvalue weighted by atomic mass is 10.1. The van der Waals surface area contributed by atoms with E-state index < -0.39 is 11.8 Å². The van der Waals surface area contributed by atoms with Crippen LogP contribution in [-0.2, 0) is 9.59 Å². The number of benzene rings is 2. The zero-order valence-corrected chi connectivity index (χ0v) is 12.4. The van der Waals surface area contributed by atoms with E-state index in [2.05, 4.69) is 10.6 Å². The summed E-state index contributed by atoms with van der Waals surface area (Å²) in [4.78, 5) is 23.7. The molecule has 0 atom stereocenters. The van der Waals surface area contributed by atoms with E-state index in [1.54, 1.807) is 12.1 Å². The van der Waals surface area contributed by atoms with Crippen molar-refractivity contribution in [3.8, 4) is 0 Å². The van der Waals surface area contributed by atoms with Gasteiger partial charge in [0.1, 0.15) is 0 Å². The molecule has 2 N–H and O–H groups in total. The van der Waals surface area contributed by atoms with Gasteiger partial charge in [-0.1, -0.05) is 23.8 Å². The normalized spacial score (nSPS) is 10.0. The lowest BCUT2D eigenvalue weighted by molar-refractivity contribution is -0.132. The summed E-state index contributed by atoms with van der Waals surface area (Å²) in [5.74, 6) is -1.36. The molecule has 0 heterocycles. The Labute approximate surface area is 124 Å². The molecule has 0 aromatic heterocycles. The summed E-state index contributed by atoms with van der Waals surface area (Å²) < 4.78 is 0. The molecule has 0 unspecified atom stereocenters. The monoisotopic (exact) mass is 282 g/mol. The fraction of sp³-hybridized carbons (Fsp3) is 0.176. The Morgan fingerprint density at radius 2 is 1.14 bits per heavy atom. The minimum atomic E-state index is -0.682. The minimum absolute atomic E-state index is 0.598. The highest BCUT2D eigenvalue weighted by atomic mass is 16.2. The molecule has 2 aromatic carbocycles. The maximum absolute atomic E-state index is 11.9. The van der Waals surface area contributed by atoms with Crippen molar-refractivity contribution < 1.29 is 9.59 Å². The lowest BCUT2D eigenvalue weighted by Gasteiger charge is -2.08. The van der Waals surface area contributed by atoms with Gasteiger partial charge in [0.25, 0.3) is 0 Å². The summed E-state index contributed by atoms with van der Waals surface area (Å²) in [5.41, 5.74) is 4.37. The molecule has 2 aromatic rings. The van der Waals surface area contributed by atoms with Gasteiger partial charge in [0.05, 0.1) is 0 Å². The molecule has 0 saturated heterocycles. The average molecular weight is 282 g/mol. The highest BCUT2D eigenvalue weighted by molar-refractivity contribution is 6.43. The van der Waals surface area contributed by atoms with Gasteiger partial charge in [0.2, 0.25) is 0 Å². The van der Waals surface area contributed by atoms with Gasteiger partial charge in [-0.2, -0.15) is 0 Å². The van der Waals surface area contributed by atoms with Crippen molar-refractivity contribution in [2.24, 2.45) is 0 Å². The van der Waals surface area contributed by atoms with Crippen LogP contribution in [0.2, 0.25) is 0 Å². The van der Waals surface area contributed by atoms with Crippen LogP contribution in [0.15, 0.2) is 42.5 Å². The summed E-state index contributed by atoms with van der Waals surface area (Å²) in [6.45, 7) is 5.84. The summed E-state index contributed by atoms with van der Waals surface area (Å²) in [6, 6.07) is 12.9. The molecule has 0 fully saturated rings. The Kier molecular flexibility index (Phi) is 4.38. The number of aryl methyl sites for hydroxylation is 3. The smallest absolute Gasteiger partial charge is 0.314 e. The van der Waals surface area contributed by atoms with Gasteiger partial charge >= 0.3 is 11.8 Å². The fourth-order valence-corrected chi connectivity index (χ4v) is 2.06. The summed E-state index contributed by atoms with van der Waals surface area (Å²) in [7, 11) is 0. The second-order valence-corrected chi connectivity index (χ2v) is 5.15. The zero-order chi connectivity index (χ0) is 15.4. The maximum Gasteiger partial charge on any atom is 0.314 e. The molecule has 21 heavy (non-hydrogen) atoms. The first-order valence-corrected chi connectivity index (χ1v) is 6.71. The van der Waals surface area contributed by atoms with E-state index in [9.17, 15) is 9.59 Å². The van der Waals surface area contributed by atoms with Crippen molar-refractivity contribution in [3.05, 3.63) is 59.2 Å². The number of nitrogens with one attached hydrogen (secondary N) is 2. The number of anilines is 2. The van der Waals surface area contributed by atoms with Crippen LogP contribution in [0, 0.1) is 20.8 Å². The maximum atomic E-state index is 11.9. The van der Waals surface area contributed by atoms with Crippen molar-refractivity contribution in [3.63, 3.8) is 0 Å². The number of carbonyl (C=O) groups excluding carboxylic acids is 2. The third-order valence-corrected chi connectivity index (χ3v) is 3.00. The van der Waals surface area contributed by atoms with Crippen LogP contribution < -0.4 is 10.6 Å². The minimum Gasteiger partial charge on any atom is -0.318 e. The van der Waals surface area contributed by atoms with Gasteiger partial charge in [0.15, 0.2) is 0 Å². The molecule has 2 rings (SSSR count). The number of hydrogen-bond acceptors (Lipinski definition) is 2. The van der Waals surface area contributed by atoms with Crippen LogP contribution in [0.3, 0.4) is 0 Å². The Hall–Kier alpha value is -2.62. The molecule has 0 spiro atoms. The van der Waals surface area contributed by atoms with Crippen LogP contribution in [0.1, 0.15) is 16.7 Å². The first kappa shape index (κ1) is 14.8. The molecule has 2 amide bonds. The summed E-state index contributed by atoms with van der Waals surface area (Å²) in [6.07, 6.45) is 0. The molecule has 0 saturated carbocycles. The first-order valence-electron chi connectivity index (χ1n) is 6.71. The van der Waals surface area contributed by atoms with E-state index in [-0.39, 0.29) is 0 Å². The third kappa shape index (κ3) is 4.18. The standard InChI is InChI=1S/C17H18N2O2/c1-11-4-6-14(7-5-11)18-16(20)17(21)19-15-9-12(2)8-13(3)10-15/h4-10H,1-3H3,(H,18,20)(H,19,21). The molecular weight excluding hydrogens is 264 g/mol. The topological polar surface area (TPSA) is 58.2 Å². The molecule has 0 aliphatic rings. The van der Waals surface area contributed by atoms with Crippen molar-refractivity contribution in [2.75, 3.05) is 10.6 Å². The average Bonchev–Trinajstić information content (AvgIpc) is 2.40. The molecule has 0 aliphatic carbocycles. The zero-order valence-electron chi connectivity index (χ0n) is 12.4. The van der Waals surface area contributed by atoms with Gasteiger partial charge in [-0.05, 0) is 56.2 Å². The van der Waals surface area contributed by atoms with E-state index in [0.717, 1.165) is 16.7 Å². The van der Waals surface area contributed by atoms with Gasteiger partial charge in [-0.3, -0.25) is 9.59 Å². The summed E-state index contributed by atoms with van der Waals surface area (Å²) >= 11 is 0. The van der Waals surface area contributed by atoms with Crippen molar-refractivity contribution in [1.82, 2.24) is 0 Å². The SMILES string of the molecule is Cc1ccc(NC(=O)C(=O)Nc2cc(C)cc(C)c2)cc1. The van der Waals surface area contributed by atoms with E-state index in [4.69, 9.17) is 0 Å². The first-order chi connectivity index (χ1) is 9.94. The number of rotatable bonds is 2. The van der Waals surface area contributed by atoms with Gasteiger partial charge in [-0.25, -0.2) is 0 Å². The molecular formula is C17H18N2O2. The highest BCUT2D eigenvalue weighted by Gasteiger charge is 2.14. The Morgan fingerprint density at radius 1 is 0.667 bits per heavy atom.